The van der Waals surface area contributed by atoms with Gasteiger partial charge in [-0.15, -0.1) is 0 Å². The van der Waals surface area contributed by atoms with E-state index in [2.05, 4.69) is 21.0 Å². The van der Waals surface area contributed by atoms with Crippen molar-refractivity contribution in [3.8, 4) is 0 Å². The predicted octanol–water partition coefficient (Wildman–Crippen LogP) is 2.96. The molecule has 2 aromatic rings. The van der Waals surface area contributed by atoms with Crippen LogP contribution in [0, 0.1) is 6.92 Å². The minimum absolute atomic E-state index is 0.794. The summed E-state index contributed by atoms with van der Waals surface area (Å²) in [5, 5.41) is 4.85. The van der Waals surface area contributed by atoms with E-state index < -0.39 is 0 Å². The van der Waals surface area contributed by atoms with E-state index in [0.717, 1.165) is 49.2 Å². The van der Waals surface area contributed by atoms with Crippen LogP contribution in [0.1, 0.15) is 11.5 Å². The molecule has 1 aromatic heterocycles. The minimum atomic E-state index is 0.794. The molecule has 0 aliphatic carbocycles. The van der Waals surface area contributed by atoms with Crippen molar-refractivity contribution in [1.29, 1.82) is 0 Å². The van der Waals surface area contributed by atoms with Gasteiger partial charge in [0.1, 0.15) is 5.76 Å². The van der Waals surface area contributed by atoms with Crippen LogP contribution in [0.4, 0.5) is 5.69 Å². The first-order valence-electron chi connectivity index (χ1n) is 6.86. The lowest BCUT2D eigenvalue weighted by Gasteiger charge is -2.35. The molecular weight excluding hydrogens is 274 g/mol. The molecule has 0 atom stereocenters. The van der Waals surface area contributed by atoms with E-state index in [1.165, 1.54) is 5.69 Å². The van der Waals surface area contributed by atoms with Crippen LogP contribution < -0.4 is 4.90 Å². The molecule has 0 spiro atoms. The van der Waals surface area contributed by atoms with E-state index in [-0.39, 0.29) is 0 Å². The number of benzene rings is 1. The Balaban J connectivity index is 1.57. The summed E-state index contributed by atoms with van der Waals surface area (Å²) in [5.41, 5.74) is 2.22. The van der Waals surface area contributed by atoms with Gasteiger partial charge in [-0.25, -0.2) is 0 Å². The van der Waals surface area contributed by atoms with Crippen LogP contribution in [0.5, 0.6) is 0 Å². The highest BCUT2D eigenvalue weighted by Crippen LogP contribution is 2.21. The van der Waals surface area contributed by atoms with Gasteiger partial charge in [-0.2, -0.15) is 0 Å². The summed E-state index contributed by atoms with van der Waals surface area (Å²) < 4.78 is 5.11. The summed E-state index contributed by atoms with van der Waals surface area (Å²) in [6, 6.07) is 10.1. The molecule has 1 aliphatic rings. The van der Waals surface area contributed by atoms with E-state index >= 15 is 0 Å². The first kappa shape index (κ1) is 13.5. The average molecular weight is 292 g/mol. The maximum absolute atomic E-state index is 6.05. The van der Waals surface area contributed by atoms with Crippen molar-refractivity contribution in [2.45, 2.75) is 13.5 Å². The van der Waals surface area contributed by atoms with E-state index in [1.807, 2.05) is 31.2 Å². The maximum atomic E-state index is 6.05. The molecular formula is C15H18ClN3O. The van der Waals surface area contributed by atoms with Crippen LogP contribution in [0.25, 0.3) is 0 Å². The number of hydrogen-bond donors (Lipinski definition) is 0. The maximum Gasteiger partial charge on any atom is 0.133 e. The van der Waals surface area contributed by atoms with Crippen molar-refractivity contribution in [3.63, 3.8) is 0 Å². The van der Waals surface area contributed by atoms with Crippen molar-refractivity contribution in [1.82, 2.24) is 10.1 Å². The molecule has 4 nitrogen and oxygen atoms in total. The highest BCUT2D eigenvalue weighted by atomic mass is 35.5. The third-order valence-corrected chi connectivity index (χ3v) is 3.84. The van der Waals surface area contributed by atoms with Gasteiger partial charge in [0.15, 0.2) is 0 Å². The highest BCUT2D eigenvalue weighted by molar-refractivity contribution is 6.30. The number of anilines is 1. The van der Waals surface area contributed by atoms with E-state index in [0.29, 0.717) is 0 Å². The molecule has 0 N–H and O–H groups in total. The minimum Gasteiger partial charge on any atom is -0.369 e. The molecule has 2 heterocycles. The van der Waals surface area contributed by atoms with Crippen molar-refractivity contribution in [3.05, 3.63) is 46.8 Å². The van der Waals surface area contributed by atoms with Gasteiger partial charge < -0.3 is 9.42 Å². The number of hydrogen-bond acceptors (Lipinski definition) is 4. The number of nitrogens with zero attached hydrogens (tertiary/aromatic N) is 3. The molecule has 5 heteroatoms. The lowest BCUT2D eigenvalue weighted by molar-refractivity contribution is 0.242. The van der Waals surface area contributed by atoms with Crippen molar-refractivity contribution < 1.29 is 4.52 Å². The van der Waals surface area contributed by atoms with Crippen LogP contribution in [-0.4, -0.2) is 36.2 Å². The Hall–Kier alpha value is -1.52. The first-order chi connectivity index (χ1) is 9.70. The predicted molar refractivity (Wildman–Crippen MR) is 80.2 cm³/mol. The second-order valence-electron chi connectivity index (χ2n) is 5.17. The van der Waals surface area contributed by atoms with E-state index in [4.69, 9.17) is 16.1 Å². The van der Waals surface area contributed by atoms with E-state index in [9.17, 15) is 0 Å². The fraction of sp³-hybridized carbons (Fsp3) is 0.400. The van der Waals surface area contributed by atoms with Gasteiger partial charge in [0.05, 0.1) is 5.69 Å². The van der Waals surface area contributed by atoms with Crippen LogP contribution in [0.2, 0.25) is 5.02 Å². The van der Waals surface area contributed by atoms with Gasteiger partial charge in [-0.05, 0) is 25.1 Å². The third-order valence-electron chi connectivity index (χ3n) is 3.61. The van der Waals surface area contributed by atoms with Gasteiger partial charge in [-0.1, -0.05) is 22.8 Å². The Kier molecular flexibility index (Phi) is 3.94. The smallest absolute Gasteiger partial charge is 0.133 e. The molecule has 1 saturated heterocycles. The lowest BCUT2D eigenvalue weighted by atomic mass is 10.2. The molecule has 0 radical (unpaired) electrons. The third kappa shape index (κ3) is 3.14. The van der Waals surface area contributed by atoms with Crippen LogP contribution in [0.3, 0.4) is 0 Å². The zero-order chi connectivity index (χ0) is 13.9. The quantitative estimate of drug-likeness (QED) is 0.870. The van der Waals surface area contributed by atoms with Crippen LogP contribution >= 0.6 is 11.6 Å². The van der Waals surface area contributed by atoms with Crippen molar-refractivity contribution >= 4 is 17.3 Å². The number of aromatic nitrogens is 1. The summed E-state index contributed by atoms with van der Waals surface area (Å²) in [7, 11) is 0. The lowest BCUT2D eigenvalue weighted by Crippen LogP contribution is -2.46. The molecule has 0 unspecified atom stereocenters. The fourth-order valence-electron chi connectivity index (χ4n) is 2.56. The molecule has 20 heavy (non-hydrogen) atoms. The van der Waals surface area contributed by atoms with Gasteiger partial charge >= 0.3 is 0 Å². The molecule has 0 saturated carbocycles. The van der Waals surface area contributed by atoms with E-state index in [1.54, 1.807) is 0 Å². The van der Waals surface area contributed by atoms with Gasteiger partial charge in [0.25, 0.3) is 0 Å². The standard InChI is InChI=1S/C15H18ClN3O/c1-12-9-14(17-20-12)11-18-5-7-19(8-6-18)15-4-2-3-13(16)10-15/h2-4,9-10H,5-8,11H2,1H3. The molecule has 0 amide bonds. The van der Waals surface area contributed by atoms with Gasteiger partial charge in [0, 0.05) is 49.5 Å². The molecule has 3 rings (SSSR count). The SMILES string of the molecule is Cc1cc(CN2CCN(c3cccc(Cl)c3)CC2)no1. The Morgan fingerprint density at radius 3 is 2.65 bits per heavy atom. The second-order valence-corrected chi connectivity index (χ2v) is 5.61. The van der Waals surface area contributed by atoms with Gasteiger partial charge in [0.2, 0.25) is 0 Å². The normalized spacial score (nSPS) is 16.6. The number of piperazine rings is 1. The van der Waals surface area contributed by atoms with Gasteiger partial charge in [-0.3, -0.25) is 4.90 Å². The Bertz CT molecular complexity index is 576. The van der Waals surface area contributed by atoms with Crippen LogP contribution in [-0.2, 0) is 6.54 Å². The number of aryl methyl sites for hydroxylation is 1. The summed E-state index contributed by atoms with van der Waals surface area (Å²) in [6.45, 7) is 6.86. The highest BCUT2D eigenvalue weighted by Gasteiger charge is 2.18. The largest absolute Gasteiger partial charge is 0.369 e. The summed E-state index contributed by atoms with van der Waals surface area (Å²) in [6.07, 6.45) is 0. The average Bonchev–Trinajstić information content (AvgIpc) is 2.85. The number of rotatable bonds is 3. The van der Waals surface area contributed by atoms with Crippen molar-refractivity contribution in [2.24, 2.45) is 0 Å². The molecule has 1 aromatic carbocycles. The fourth-order valence-corrected chi connectivity index (χ4v) is 2.74. The molecule has 1 aliphatic heterocycles. The van der Waals surface area contributed by atoms with Crippen molar-refractivity contribution in [2.75, 3.05) is 31.1 Å². The zero-order valence-electron chi connectivity index (χ0n) is 11.6. The molecule has 1 fully saturated rings. The molecule has 106 valence electrons. The molecule has 0 bridgehead atoms. The summed E-state index contributed by atoms with van der Waals surface area (Å²) in [4.78, 5) is 4.77. The zero-order valence-corrected chi connectivity index (χ0v) is 12.3. The first-order valence-corrected chi connectivity index (χ1v) is 7.23. The number of halogens is 1. The monoisotopic (exact) mass is 291 g/mol. The topological polar surface area (TPSA) is 32.5 Å². The summed E-state index contributed by atoms with van der Waals surface area (Å²) in [5.74, 6) is 0.873. The Labute approximate surface area is 123 Å². The summed E-state index contributed by atoms with van der Waals surface area (Å²) >= 11 is 6.05. The Morgan fingerprint density at radius 1 is 1.20 bits per heavy atom. The van der Waals surface area contributed by atoms with Crippen LogP contribution in [0.15, 0.2) is 34.9 Å². The Morgan fingerprint density at radius 2 is 2.00 bits per heavy atom. The second kappa shape index (κ2) is 5.85.